The minimum atomic E-state index is -3.77. The number of thiazole rings is 1. The zero-order valence-corrected chi connectivity index (χ0v) is 40.4. The normalized spacial score (nSPS) is 25.3. The number of hydrogen-bond donors (Lipinski definition) is 5. The van der Waals surface area contributed by atoms with Gasteiger partial charge in [0.25, 0.3) is 10.2 Å². The zero-order chi connectivity index (χ0) is 47.3. The number of rotatable bonds is 14. The molecule has 4 heterocycles. The maximum Gasteiger partial charge on any atom is 0.330 e. The molecular weight excluding hydrogens is 887 g/mol. The second-order valence-corrected chi connectivity index (χ2v) is 21.7. The fourth-order valence-electron chi connectivity index (χ4n) is 9.43. The van der Waals surface area contributed by atoms with E-state index in [1.54, 1.807) is 25.3 Å². The van der Waals surface area contributed by atoms with Crippen molar-refractivity contribution in [3.05, 3.63) is 41.8 Å². The Morgan fingerprint density at radius 3 is 2.48 bits per heavy atom. The first-order valence-corrected chi connectivity index (χ1v) is 25.4. The Balaban J connectivity index is 1.19. The number of carboxylic acid groups (broad SMARTS) is 1. The van der Waals surface area contributed by atoms with Gasteiger partial charge in [-0.2, -0.15) is 17.0 Å². The van der Waals surface area contributed by atoms with Gasteiger partial charge in [0.2, 0.25) is 11.8 Å². The van der Waals surface area contributed by atoms with Crippen LogP contribution in [0.25, 0.3) is 22.3 Å². The lowest BCUT2D eigenvalue weighted by Crippen LogP contribution is -2.59. The molecule has 0 radical (unpaired) electrons. The van der Waals surface area contributed by atoms with Gasteiger partial charge >= 0.3 is 12.0 Å². The standard InChI is InChI=1S/C46H65N9O9S2/c1-28(2)47-45-51-38(27-65-45)36-23-40(33-20-19-31(63-6)21-35(33)48-36)64-32-22-39-41(56)52-46(43(58)59)24-30(46)17-13-8-7-9-14-18-34(42(57)55(39)25-32)49-44(60)50-37(29-15-11-10-12-16-29)26-54(5)66(61,62)53(3)4/h13,17,19-21,23,27-30,32,34,37,39H,7-12,14-16,18,22,24-26H2,1-6H3,(H,47,51)(H,52,56)(H,58,59)(H2,49,50,60)/b17-13-/t30?,32-,34+,37-,39+,46-/m1/s1. The van der Waals surface area contributed by atoms with E-state index in [-0.39, 0.29) is 44.3 Å². The van der Waals surface area contributed by atoms with Crippen LogP contribution in [0.2, 0.25) is 0 Å². The lowest BCUT2D eigenvalue weighted by atomic mass is 9.84. The predicted octanol–water partition coefficient (Wildman–Crippen LogP) is 5.37. The molecule has 1 saturated heterocycles. The molecule has 6 atom stereocenters. The molecule has 0 spiro atoms. The molecule has 4 aliphatic rings. The number of aliphatic carboxylic acids is 1. The molecule has 2 aliphatic carbocycles. The zero-order valence-electron chi connectivity index (χ0n) is 38.7. The number of fused-ring (bicyclic) bond motifs is 3. The maximum atomic E-state index is 15.0. The van der Waals surface area contributed by atoms with Gasteiger partial charge in [-0.25, -0.2) is 19.6 Å². The van der Waals surface area contributed by atoms with Crippen molar-refractivity contribution in [1.29, 1.82) is 0 Å². The highest BCUT2D eigenvalue weighted by Crippen LogP contribution is 2.46. The van der Waals surface area contributed by atoms with Crippen molar-refractivity contribution in [2.75, 3.05) is 46.7 Å². The van der Waals surface area contributed by atoms with E-state index in [1.807, 2.05) is 37.4 Å². The van der Waals surface area contributed by atoms with Crippen molar-refractivity contribution >= 4 is 61.4 Å². The van der Waals surface area contributed by atoms with Gasteiger partial charge < -0.3 is 40.7 Å². The van der Waals surface area contributed by atoms with E-state index in [4.69, 9.17) is 19.4 Å². The Morgan fingerprint density at radius 2 is 1.77 bits per heavy atom. The van der Waals surface area contributed by atoms with E-state index >= 15 is 4.79 Å². The van der Waals surface area contributed by atoms with Gasteiger partial charge in [-0.3, -0.25) is 9.59 Å². The number of amides is 4. The first kappa shape index (κ1) is 48.9. The Hall–Kier alpha value is -5.05. The summed E-state index contributed by atoms with van der Waals surface area (Å²) in [5.74, 6) is -1.60. The molecule has 5 N–H and O–H groups in total. The number of carboxylic acids is 1. The van der Waals surface area contributed by atoms with Crippen LogP contribution >= 0.6 is 11.3 Å². The van der Waals surface area contributed by atoms with Crippen molar-refractivity contribution in [3.8, 4) is 22.9 Å². The van der Waals surface area contributed by atoms with Crippen LogP contribution < -0.4 is 30.7 Å². The highest BCUT2D eigenvalue weighted by molar-refractivity contribution is 7.86. The molecule has 1 unspecified atom stereocenters. The van der Waals surface area contributed by atoms with Crippen LogP contribution in [0.4, 0.5) is 9.93 Å². The summed E-state index contributed by atoms with van der Waals surface area (Å²) in [7, 11) is 2.21. The SMILES string of the molecule is COc1ccc2c(O[C@@H]3C[C@H]4C(=O)N[C@]5(C(=O)O)CC5/C=C\CCCCC[C@H](NC(=O)N[C@H](CN(C)S(=O)(=O)N(C)C)C5CCCCC5)C(=O)N4C3)cc(-c3csc(NC(C)C)n3)nc2c1. The van der Waals surface area contributed by atoms with E-state index in [0.29, 0.717) is 46.6 Å². The number of methoxy groups -OCH3 is 1. The summed E-state index contributed by atoms with van der Waals surface area (Å²) in [6, 6.07) is 4.06. The number of likely N-dealkylation sites (N-methyl/N-ethyl adjacent to an activating group) is 1. The highest BCUT2D eigenvalue weighted by atomic mass is 32.2. The maximum absolute atomic E-state index is 15.0. The first-order valence-electron chi connectivity index (χ1n) is 23.1. The third kappa shape index (κ3) is 11.2. The van der Waals surface area contributed by atoms with E-state index in [9.17, 15) is 27.9 Å². The van der Waals surface area contributed by atoms with Crippen molar-refractivity contribution in [2.45, 2.75) is 127 Å². The minimum Gasteiger partial charge on any atom is -0.497 e. The Labute approximate surface area is 391 Å². The number of urea groups is 1. The van der Waals surface area contributed by atoms with Crippen LogP contribution in [0.1, 0.15) is 90.9 Å². The van der Waals surface area contributed by atoms with Crippen molar-refractivity contribution in [3.63, 3.8) is 0 Å². The number of allylic oxidation sites excluding steroid dienone is 1. The smallest absolute Gasteiger partial charge is 0.330 e. The summed E-state index contributed by atoms with van der Waals surface area (Å²) < 4.78 is 40.8. The quantitative estimate of drug-likeness (QED) is 0.129. The molecular formula is C46H65N9O9S2. The van der Waals surface area contributed by atoms with Gasteiger partial charge in [0.15, 0.2) is 5.13 Å². The minimum absolute atomic E-state index is 0.0264. The second-order valence-electron chi connectivity index (χ2n) is 18.6. The number of nitrogens with one attached hydrogen (secondary N) is 4. The number of hydrogen-bond acceptors (Lipinski definition) is 12. The molecule has 66 heavy (non-hydrogen) atoms. The van der Waals surface area contributed by atoms with Gasteiger partial charge in [-0.05, 0) is 70.4 Å². The topological polar surface area (TPSA) is 225 Å². The molecule has 2 aliphatic heterocycles. The number of carbonyl (C=O) groups is 4. The molecule has 20 heteroatoms. The Bertz CT molecular complexity index is 2390. The number of ether oxygens (including phenoxy) is 2. The lowest BCUT2D eigenvalue weighted by Gasteiger charge is -2.35. The van der Waals surface area contributed by atoms with E-state index in [2.05, 4.69) is 21.3 Å². The molecule has 360 valence electrons. The second kappa shape index (κ2) is 20.9. The lowest BCUT2D eigenvalue weighted by molar-refractivity contribution is -0.145. The summed E-state index contributed by atoms with van der Waals surface area (Å²) in [5.41, 5.74) is 0.247. The number of carbonyl (C=O) groups excluding carboxylic acids is 3. The summed E-state index contributed by atoms with van der Waals surface area (Å²) in [6.07, 6.45) is 11.1. The average molecular weight is 952 g/mol. The Morgan fingerprint density at radius 1 is 1.03 bits per heavy atom. The van der Waals surface area contributed by atoms with Crippen molar-refractivity contribution < 1.29 is 42.2 Å². The van der Waals surface area contributed by atoms with Gasteiger partial charge in [-0.1, -0.05) is 44.3 Å². The van der Waals surface area contributed by atoms with Gasteiger partial charge in [0.05, 0.1) is 24.9 Å². The fourth-order valence-corrected chi connectivity index (χ4v) is 11.2. The van der Waals surface area contributed by atoms with Crippen LogP contribution in [0.5, 0.6) is 11.5 Å². The predicted molar refractivity (Wildman–Crippen MR) is 253 cm³/mol. The van der Waals surface area contributed by atoms with Crippen molar-refractivity contribution in [2.24, 2.45) is 11.8 Å². The summed E-state index contributed by atoms with van der Waals surface area (Å²) in [6.45, 7) is 4.06. The summed E-state index contributed by atoms with van der Waals surface area (Å²) >= 11 is 1.45. The summed E-state index contributed by atoms with van der Waals surface area (Å²) in [4.78, 5) is 67.4. The molecule has 3 aromatic rings. The molecule has 1 aromatic carbocycles. The third-order valence-corrected chi connectivity index (χ3v) is 15.9. The fraction of sp³-hybridized carbons (Fsp3) is 0.609. The van der Waals surface area contributed by atoms with Crippen LogP contribution in [-0.4, -0.2) is 138 Å². The van der Waals surface area contributed by atoms with Crippen molar-refractivity contribution in [1.82, 2.24) is 39.4 Å². The number of nitrogens with zero attached hydrogens (tertiary/aromatic N) is 5. The van der Waals surface area contributed by atoms with Crippen LogP contribution in [0.15, 0.2) is 41.8 Å². The molecule has 2 aromatic heterocycles. The summed E-state index contributed by atoms with van der Waals surface area (Å²) in [5, 5.41) is 25.9. The molecule has 4 amide bonds. The molecule has 3 fully saturated rings. The van der Waals surface area contributed by atoms with Gasteiger partial charge in [-0.15, -0.1) is 11.3 Å². The van der Waals surface area contributed by atoms with Crippen LogP contribution in [0.3, 0.4) is 0 Å². The largest absolute Gasteiger partial charge is 0.497 e. The third-order valence-electron chi connectivity index (χ3n) is 13.2. The van der Waals surface area contributed by atoms with E-state index < -0.39 is 69.7 Å². The molecule has 7 rings (SSSR count). The Kier molecular flexibility index (Phi) is 15.4. The molecule has 2 saturated carbocycles. The number of benzene rings is 1. The van der Waals surface area contributed by atoms with Gasteiger partial charge in [0, 0.05) is 75.0 Å². The van der Waals surface area contributed by atoms with Gasteiger partial charge in [0.1, 0.15) is 40.9 Å². The number of anilines is 1. The first-order chi connectivity index (χ1) is 31.5. The highest BCUT2D eigenvalue weighted by Gasteiger charge is 2.61. The monoisotopic (exact) mass is 951 g/mol. The van der Waals surface area contributed by atoms with E-state index in [0.717, 1.165) is 54.4 Å². The molecule has 18 nitrogen and oxygen atoms in total. The van der Waals surface area contributed by atoms with Crippen LogP contribution in [-0.2, 0) is 24.6 Å². The number of pyridine rings is 1. The average Bonchev–Trinajstić information content (AvgIpc) is 3.54. The molecule has 0 bridgehead atoms. The van der Waals surface area contributed by atoms with E-state index in [1.165, 1.54) is 41.7 Å². The van der Waals surface area contributed by atoms with Crippen LogP contribution in [0, 0.1) is 11.8 Å². The number of aromatic nitrogens is 2.